The number of benzene rings is 1. The number of carbonyl (C=O) groups is 1. The fourth-order valence-corrected chi connectivity index (χ4v) is 2.06. The van der Waals surface area contributed by atoms with Gasteiger partial charge in [-0.25, -0.2) is 4.79 Å². The van der Waals surface area contributed by atoms with Crippen molar-refractivity contribution in [3.8, 4) is 0 Å². The maximum Gasteiger partial charge on any atom is 0.337 e. The molecule has 0 spiro atoms. The zero-order chi connectivity index (χ0) is 13.5. The molecule has 0 amide bonds. The van der Waals surface area contributed by atoms with Crippen molar-refractivity contribution in [2.24, 2.45) is 0 Å². The van der Waals surface area contributed by atoms with Crippen molar-refractivity contribution in [2.75, 3.05) is 5.73 Å². The van der Waals surface area contributed by atoms with E-state index >= 15 is 0 Å². The first-order valence-corrected chi connectivity index (χ1v) is 6.74. The fraction of sp³-hybridized carbons (Fsp3) is 0.533. The zero-order valence-electron chi connectivity index (χ0n) is 11.3. The molecule has 0 unspecified atom stereocenters. The third-order valence-electron chi connectivity index (χ3n) is 3.17. The highest BCUT2D eigenvalue weighted by atomic mass is 16.4. The van der Waals surface area contributed by atoms with Gasteiger partial charge in [-0.2, -0.15) is 0 Å². The highest BCUT2D eigenvalue weighted by molar-refractivity contribution is 5.94. The third kappa shape index (κ3) is 3.76. The molecule has 18 heavy (non-hydrogen) atoms. The molecule has 1 aromatic carbocycles. The summed E-state index contributed by atoms with van der Waals surface area (Å²) < 4.78 is 0. The molecule has 0 heterocycles. The number of hydrogen-bond donors (Lipinski definition) is 2. The first kappa shape index (κ1) is 14.6. The minimum absolute atomic E-state index is 0.259. The molecule has 0 aliphatic heterocycles. The van der Waals surface area contributed by atoms with E-state index in [2.05, 4.69) is 19.9 Å². The van der Waals surface area contributed by atoms with Crippen molar-refractivity contribution in [2.45, 2.75) is 52.4 Å². The van der Waals surface area contributed by atoms with E-state index in [1.54, 1.807) is 6.07 Å². The van der Waals surface area contributed by atoms with Gasteiger partial charge in [0.2, 0.25) is 0 Å². The molecule has 100 valence electrons. The van der Waals surface area contributed by atoms with Gasteiger partial charge in [-0.15, -0.1) is 0 Å². The van der Waals surface area contributed by atoms with Crippen molar-refractivity contribution in [3.63, 3.8) is 0 Å². The highest BCUT2D eigenvalue weighted by Crippen LogP contribution is 2.23. The molecule has 0 saturated heterocycles. The van der Waals surface area contributed by atoms with E-state index < -0.39 is 5.97 Å². The maximum absolute atomic E-state index is 11.2. The number of nitrogens with two attached hydrogens (primary N) is 1. The van der Waals surface area contributed by atoms with E-state index in [1.165, 1.54) is 0 Å². The molecule has 0 aliphatic carbocycles. The Morgan fingerprint density at radius 2 is 1.78 bits per heavy atom. The minimum Gasteiger partial charge on any atom is -0.478 e. The number of aromatic carboxylic acids is 1. The number of unbranched alkanes of at least 4 members (excludes halogenated alkanes) is 2. The van der Waals surface area contributed by atoms with Crippen molar-refractivity contribution < 1.29 is 9.90 Å². The lowest BCUT2D eigenvalue weighted by atomic mass is 9.96. The Hall–Kier alpha value is -1.51. The largest absolute Gasteiger partial charge is 0.478 e. The molecule has 3 nitrogen and oxygen atoms in total. The standard InChI is InChI=1S/C15H23NO2/c1-3-5-7-11-9-12(8-6-4-2)14(16)13(10-11)15(17)18/h9-10H,3-8,16H2,1-2H3,(H,17,18). The van der Waals surface area contributed by atoms with E-state index in [0.29, 0.717) is 5.69 Å². The van der Waals surface area contributed by atoms with Gasteiger partial charge in [0.05, 0.1) is 5.56 Å². The molecule has 1 rings (SSSR count). The second-order valence-corrected chi connectivity index (χ2v) is 4.73. The summed E-state index contributed by atoms with van der Waals surface area (Å²) >= 11 is 0. The molecular formula is C15H23NO2. The van der Waals surface area contributed by atoms with Crippen LogP contribution in [0.2, 0.25) is 0 Å². The quantitative estimate of drug-likeness (QED) is 0.725. The van der Waals surface area contributed by atoms with Crippen LogP contribution < -0.4 is 5.73 Å². The number of aryl methyl sites for hydroxylation is 2. The van der Waals surface area contributed by atoms with Crippen LogP contribution in [0, 0.1) is 0 Å². The summed E-state index contributed by atoms with van der Waals surface area (Å²) in [6.07, 6.45) is 6.10. The summed E-state index contributed by atoms with van der Waals surface area (Å²) in [5.74, 6) is -0.927. The van der Waals surface area contributed by atoms with Gasteiger partial charge in [0.15, 0.2) is 0 Å². The van der Waals surface area contributed by atoms with Gasteiger partial charge >= 0.3 is 5.97 Å². The van der Waals surface area contributed by atoms with E-state index in [0.717, 1.165) is 49.7 Å². The first-order chi connectivity index (χ1) is 8.60. The lowest BCUT2D eigenvalue weighted by Gasteiger charge is -2.11. The summed E-state index contributed by atoms with van der Waals surface area (Å²) in [5.41, 5.74) is 8.72. The van der Waals surface area contributed by atoms with Gasteiger partial charge in [0.1, 0.15) is 0 Å². The molecular weight excluding hydrogens is 226 g/mol. The second kappa shape index (κ2) is 7.04. The molecule has 0 saturated carbocycles. The normalized spacial score (nSPS) is 10.6. The van der Waals surface area contributed by atoms with Crippen LogP contribution in [0.5, 0.6) is 0 Å². The Bertz CT molecular complexity index is 413. The molecule has 3 heteroatoms. The number of hydrogen-bond acceptors (Lipinski definition) is 2. The first-order valence-electron chi connectivity index (χ1n) is 6.74. The van der Waals surface area contributed by atoms with Crippen molar-refractivity contribution >= 4 is 11.7 Å². The molecule has 0 aliphatic rings. The lowest BCUT2D eigenvalue weighted by molar-refractivity contribution is 0.0698. The van der Waals surface area contributed by atoms with Gasteiger partial charge < -0.3 is 10.8 Å². The third-order valence-corrected chi connectivity index (χ3v) is 3.17. The number of carboxylic acid groups (broad SMARTS) is 1. The number of nitrogen functional groups attached to an aromatic ring is 1. The molecule has 0 radical (unpaired) electrons. The Morgan fingerprint density at radius 1 is 1.17 bits per heavy atom. The molecule has 0 aromatic heterocycles. The SMILES string of the molecule is CCCCc1cc(CCCC)c(N)c(C(=O)O)c1. The van der Waals surface area contributed by atoms with Crippen LogP contribution in [-0.4, -0.2) is 11.1 Å². The van der Waals surface area contributed by atoms with Crippen LogP contribution in [0.15, 0.2) is 12.1 Å². The van der Waals surface area contributed by atoms with Crippen molar-refractivity contribution in [3.05, 3.63) is 28.8 Å². The zero-order valence-corrected chi connectivity index (χ0v) is 11.3. The maximum atomic E-state index is 11.2. The van der Waals surface area contributed by atoms with E-state index in [-0.39, 0.29) is 5.56 Å². The second-order valence-electron chi connectivity index (χ2n) is 4.73. The molecule has 0 fully saturated rings. The summed E-state index contributed by atoms with van der Waals surface area (Å²) in [6, 6.07) is 3.80. The molecule has 0 atom stereocenters. The van der Waals surface area contributed by atoms with Crippen LogP contribution in [-0.2, 0) is 12.8 Å². The minimum atomic E-state index is -0.927. The van der Waals surface area contributed by atoms with Gasteiger partial charge in [-0.3, -0.25) is 0 Å². The average molecular weight is 249 g/mol. The summed E-state index contributed by atoms with van der Waals surface area (Å²) in [5, 5.41) is 9.19. The fourth-order valence-electron chi connectivity index (χ4n) is 2.06. The van der Waals surface area contributed by atoms with Crippen LogP contribution in [0.25, 0.3) is 0 Å². The van der Waals surface area contributed by atoms with Gasteiger partial charge in [-0.05, 0) is 42.9 Å². The topological polar surface area (TPSA) is 63.3 Å². The van der Waals surface area contributed by atoms with Crippen LogP contribution in [0.1, 0.15) is 61.0 Å². The smallest absolute Gasteiger partial charge is 0.337 e. The Kier molecular flexibility index (Phi) is 5.69. The van der Waals surface area contributed by atoms with Crippen molar-refractivity contribution in [1.82, 2.24) is 0 Å². The van der Waals surface area contributed by atoms with Crippen LogP contribution in [0.4, 0.5) is 5.69 Å². The van der Waals surface area contributed by atoms with E-state index in [1.807, 2.05) is 0 Å². The van der Waals surface area contributed by atoms with Crippen LogP contribution in [0.3, 0.4) is 0 Å². The number of carboxylic acids is 1. The molecule has 0 bridgehead atoms. The van der Waals surface area contributed by atoms with Gasteiger partial charge in [0.25, 0.3) is 0 Å². The average Bonchev–Trinajstić information content (AvgIpc) is 2.35. The summed E-state index contributed by atoms with van der Waals surface area (Å²) in [7, 11) is 0. The van der Waals surface area contributed by atoms with Gasteiger partial charge in [-0.1, -0.05) is 32.8 Å². The summed E-state index contributed by atoms with van der Waals surface area (Å²) in [4.78, 5) is 11.2. The Morgan fingerprint density at radius 3 is 2.33 bits per heavy atom. The van der Waals surface area contributed by atoms with E-state index in [4.69, 9.17) is 5.73 Å². The summed E-state index contributed by atoms with van der Waals surface area (Å²) in [6.45, 7) is 4.25. The van der Waals surface area contributed by atoms with Gasteiger partial charge in [0, 0.05) is 5.69 Å². The lowest BCUT2D eigenvalue weighted by Crippen LogP contribution is -2.07. The Labute approximate surface area is 109 Å². The van der Waals surface area contributed by atoms with E-state index in [9.17, 15) is 9.90 Å². The predicted octanol–water partition coefficient (Wildman–Crippen LogP) is 3.65. The van der Waals surface area contributed by atoms with Crippen LogP contribution >= 0.6 is 0 Å². The highest BCUT2D eigenvalue weighted by Gasteiger charge is 2.13. The predicted molar refractivity (Wildman–Crippen MR) is 75.0 cm³/mol. The monoisotopic (exact) mass is 249 g/mol. The van der Waals surface area contributed by atoms with Crippen molar-refractivity contribution in [1.29, 1.82) is 0 Å². The number of rotatable bonds is 7. The number of anilines is 1. The Balaban J connectivity index is 3.06. The molecule has 3 N–H and O–H groups in total. The molecule has 1 aromatic rings.